The Kier molecular flexibility index (Phi) is 3.53. The quantitative estimate of drug-likeness (QED) is 0.655. The predicted molar refractivity (Wildman–Crippen MR) is 59.1 cm³/mol. The van der Waals surface area contributed by atoms with Gasteiger partial charge in [0.15, 0.2) is 0 Å². The maximum atomic E-state index is 2.32. The maximum Gasteiger partial charge on any atom is -0.0250 e. The Labute approximate surface area is 82.0 Å². The zero-order valence-electron chi connectivity index (χ0n) is 9.22. The Bertz CT molecular complexity index is 273. The molecule has 1 rings (SSSR count). The smallest absolute Gasteiger partial charge is 0.0250 e. The Morgan fingerprint density at radius 2 is 1.92 bits per heavy atom. The van der Waals surface area contributed by atoms with Gasteiger partial charge in [0.1, 0.15) is 0 Å². The number of hydrogen-bond donors (Lipinski definition) is 0. The molecule has 0 nitrogen and oxygen atoms in total. The molecule has 0 N–H and O–H groups in total. The van der Waals surface area contributed by atoms with Crippen LogP contribution in [0.3, 0.4) is 0 Å². The highest BCUT2D eigenvalue weighted by molar-refractivity contribution is 5.30. The Morgan fingerprint density at radius 3 is 2.46 bits per heavy atom. The van der Waals surface area contributed by atoms with Crippen LogP contribution in [0.2, 0.25) is 0 Å². The Balaban J connectivity index is 2.77. The molecule has 0 saturated carbocycles. The zero-order valence-corrected chi connectivity index (χ0v) is 9.22. The third-order valence-corrected chi connectivity index (χ3v) is 2.76. The van der Waals surface area contributed by atoms with Crippen molar-refractivity contribution < 1.29 is 0 Å². The molecule has 72 valence electrons. The standard InChI is InChI=1S/C13H20/c1-5-10(2)9-13-7-6-11(3)8-12(13)4/h6-8,10H,5,9H2,1-4H3. The van der Waals surface area contributed by atoms with Gasteiger partial charge in [-0.15, -0.1) is 0 Å². The molecule has 0 aliphatic heterocycles. The third kappa shape index (κ3) is 2.87. The second-order valence-electron chi connectivity index (χ2n) is 4.15. The van der Waals surface area contributed by atoms with Gasteiger partial charge in [-0.05, 0) is 37.3 Å². The first-order valence-corrected chi connectivity index (χ1v) is 5.19. The van der Waals surface area contributed by atoms with Gasteiger partial charge in [-0.1, -0.05) is 44.0 Å². The number of hydrogen-bond acceptors (Lipinski definition) is 0. The lowest BCUT2D eigenvalue weighted by Crippen LogP contribution is -1.99. The summed E-state index contributed by atoms with van der Waals surface area (Å²) in [5, 5.41) is 0. The molecule has 0 bridgehead atoms. The topological polar surface area (TPSA) is 0 Å². The van der Waals surface area contributed by atoms with Crippen LogP contribution in [0.4, 0.5) is 0 Å². The summed E-state index contributed by atoms with van der Waals surface area (Å²) in [6, 6.07) is 6.76. The van der Waals surface area contributed by atoms with E-state index < -0.39 is 0 Å². The summed E-state index contributed by atoms with van der Waals surface area (Å²) in [4.78, 5) is 0. The van der Waals surface area contributed by atoms with Crippen LogP contribution in [0.25, 0.3) is 0 Å². The number of aryl methyl sites for hydroxylation is 2. The second kappa shape index (κ2) is 4.45. The van der Waals surface area contributed by atoms with Crippen molar-refractivity contribution in [2.45, 2.75) is 40.5 Å². The van der Waals surface area contributed by atoms with E-state index in [1.807, 2.05) is 0 Å². The summed E-state index contributed by atoms with van der Waals surface area (Å²) in [5.74, 6) is 0.807. The molecule has 1 atom stereocenters. The van der Waals surface area contributed by atoms with E-state index in [9.17, 15) is 0 Å². The first-order chi connectivity index (χ1) is 6.13. The van der Waals surface area contributed by atoms with Crippen LogP contribution in [-0.4, -0.2) is 0 Å². The molecule has 0 saturated heterocycles. The minimum absolute atomic E-state index is 0.807. The average molecular weight is 176 g/mol. The van der Waals surface area contributed by atoms with E-state index in [0.29, 0.717) is 0 Å². The lowest BCUT2D eigenvalue weighted by molar-refractivity contribution is 0.559. The largest absolute Gasteiger partial charge is 0.0651 e. The number of rotatable bonds is 3. The molecule has 0 amide bonds. The van der Waals surface area contributed by atoms with Crippen LogP contribution < -0.4 is 0 Å². The average Bonchev–Trinajstić information content (AvgIpc) is 2.09. The zero-order chi connectivity index (χ0) is 9.84. The van der Waals surface area contributed by atoms with E-state index in [4.69, 9.17) is 0 Å². The van der Waals surface area contributed by atoms with E-state index >= 15 is 0 Å². The summed E-state index contributed by atoms with van der Waals surface area (Å²) in [6.07, 6.45) is 2.50. The molecule has 1 aromatic rings. The van der Waals surface area contributed by atoms with Gasteiger partial charge < -0.3 is 0 Å². The highest BCUT2D eigenvalue weighted by Crippen LogP contribution is 2.16. The van der Waals surface area contributed by atoms with E-state index in [1.54, 1.807) is 0 Å². The molecule has 0 aliphatic rings. The van der Waals surface area contributed by atoms with Crippen molar-refractivity contribution in [3.05, 3.63) is 34.9 Å². The summed E-state index contributed by atoms with van der Waals surface area (Å²) >= 11 is 0. The third-order valence-electron chi connectivity index (χ3n) is 2.76. The van der Waals surface area contributed by atoms with Crippen molar-refractivity contribution in [2.75, 3.05) is 0 Å². The molecule has 0 fully saturated rings. The first kappa shape index (κ1) is 10.3. The summed E-state index contributed by atoms with van der Waals surface area (Å²) in [6.45, 7) is 8.94. The van der Waals surface area contributed by atoms with Crippen LogP contribution in [0.1, 0.15) is 37.0 Å². The van der Waals surface area contributed by atoms with Crippen LogP contribution >= 0.6 is 0 Å². The van der Waals surface area contributed by atoms with Crippen molar-refractivity contribution in [2.24, 2.45) is 5.92 Å². The molecule has 1 aromatic carbocycles. The van der Waals surface area contributed by atoms with Crippen molar-refractivity contribution >= 4 is 0 Å². The van der Waals surface area contributed by atoms with Gasteiger partial charge in [-0.2, -0.15) is 0 Å². The van der Waals surface area contributed by atoms with Gasteiger partial charge in [0.2, 0.25) is 0 Å². The maximum absolute atomic E-state index is 2.32. The SMILES string of the molecule is CCC(C)Cc1ccc(C)cc1C. The molecule has 1 unspecified atom stereocenters. The number of benzene rings is 1. The van der Waals surface area contributed by atoms with Gasteiger partial charge in [0.05, 0.1) is 0 Å². The molecule has 0 radical (unpaired) electrons. The van der Waals surface area contributed by atoms with Crippen molar-refractivity contribution in [3.8, 4) is 0 Å². The monoisotopic (exact) mass is 176 g/mol. The van der Waals surface area contributed by atoms with Crippen molar-refractivity contribution in [1.82, 2.24) is 0 Å². The molecule has 0 heteroatoms. The molecular formula is C13H20. The fourth-order valence-corrected chi connectivity index (χ4v) is 1.59. The van der Waals surface area contributed by atoms with Crippen LogP contribution in [0.5, 0.6) is 0 Å². The highest BCUT2D eigenvalue weighted by atomic mass is 14.1. The Morgan fingerprint density at radius 1 is 1.23 bits per heavy atom. The van der Waals surface area contributed by atoms with Gasteiger partial charge >= 0.3 is 0 Å². The van der Waals surface area contributed by atoms with E-state index in [0.717, 1.165) is 5.92 Å². The summed E-state index contributed by atoms with van der Waals surface area (Å²) in [5.41, 5.74) is 4.32. The predicted octanol–water partition coefficient (Wildman–Crippen LogP) is 3.89. The molecular weight excluding hydrogens is 156 g/mol. The van der Waals surface area contributed by atoms with Gasteiger partial charge in [-0.25, -0.2) is 0 Å². The van der Waals surface area contributed by atoms with Crippen LogP contribution in [-0.2, 0) is 6.42 Å². The minimum atomic E-state index is 0.807. The highest BCUT2D eigenvalue weighted by Gasteiger charge is 2.03. The van der Waals surface area contributed by atoms with Gasteiger partial charge in [0, 0.05) is 0 Å². The lowest BCUT2D eigenvalue weighted by atomic mass is 9.95. The van der Waals surface area contributed by atoms with Crippen LogP contribution in [0.15, 0.2) is 18.2 Å². The summed E-state index contributed by atoms with van der Waals surface area (Å²) in [7, 11) is 0. The van der Waals surface area contributed by atoms with E-state index in [-0.39, 0.29) is 0 Å². The van der Waals surface area contributed by atoms with Gasteiger partial charge in [0.25, 0.3) is 0 Å². The summed E-state index contributed by atoms with van der Waals surface area (Å²) < 4.78 is 0. The Hall–Kier alpha value is -0.780. The first-order valence-electron chi connectivity index (χ1n) is 5.19. The van der Waals surface area contributed by atoms with Crippen molar-refractivity contribution in [1.29, 1.82) is 0 Å². The molecule has 0 aromatic heterocycles. The van der Waals surface area contributed by atoms with Crippen LogP contribution in [0, 0.1) is 19.8 Å². The fourth-order valence-electron chi connectivity index (χ4n) is 1.59. The van der Waals surface area contributed by atoms with Crippen molar-refractivity contribution in [3.63, 3.8) is 0 Å². The molecule has 0 heterocycles. The van der Waals surface area contributed by atoms with E-state index in [2.05, 4.69) is 45.9 Å². The normalized spacial score (nSPS) is 12.9. The minimum Gasteiger partial charge on any atom is -0.0651 e. The second-order valence-corrected chi connectivity index (χ2v) is 4.15. The lowest BCUT2D eigenvalue weighted by Gasteiger charge is -2.11. The van der Waals surface area contributed by atoms with Gasteiger partial charge in [-0.3, -0.25) is 0 Å². The molecule has 0 aliphatic carbocycles. The molecule has 13 heavy (non-hydrogen) atoms. The fraction of sp³-hybridized carbons (Fsp3) is 0.538. The van der Waals surface area contributed by atoms with E-state index in [1.165, 1.54) is 29.5 Å². The molecule has 0 spiro atoms.